The molecule has 0 radical (unpaired) electrons. The Morgan fingerprint density at radius 3 is 2.85 bits per heavy atom. The molecule has 1 fully saturated rings. The first-order valence-electron chi connectivity index (χ1n) is 3.99. The molecule has 2 rings (SSSR count). The number of rotatable bonds is 2. The van der Waals surface area contributed by atoms with E-state index < -0.39 is 0 Å². The Bertz CT molecular complexity index is 313. The fourth-order valence-electron chi connectivity index (χ4n) is 1.30. The number of carbonyl (C=O) groups is 2. The Morgan fingerprint density at radius 1 is 1.46 bits per heavy atom. The van der Waals surface area contributed by atoms with Gasteiger partial charge < -0.3 is 0 Å². The van der Waals surface area contributed by atoms with E-state index in [0.29, 0.717) is 12.2 Å². The monoisotopic (exact) mass is 212 g/mol. The molecule has 0 amide bonds. The molecule has 2 heterocycles. The molecule has 0 bridgehead atoms. The highest BCUT2D eigenvalue weighted by Crippen LogP contribution is 2.27. The second-order valence-corrected chi connectivity index (χ2v) is 4.92. The average molecular weight is 212 g/mol. The summed E-state index contributed by atoms with van der Waals surface area (Å²) in [6, 6.07) is 3.91. The third-order valence-corrected chi connectivity index (χ3v) is 3.91. The Balaban J connectivity index is 2.09. The fraction of sp³-hybridized carbons (Fsp3) is 0.333. The molecule has 0 aromatic carbocycles. The van der Waals surface area contributed by atoms with Gasteiger partial charge in [0.05, 0.1) is 11.7 Å². The summed E-state index contributed by atoms with van der Waals surface area (Å²) in [6.45, 7) is 0. The van der Waals surface area contributed by atoms with E-state index in [4.69, 9.17) is 0 Å². The summed E-state index contributed by atoms with van der Waals surface area (Å²) in [7, 11) is 0. The minimum absolute atomic E-state index is 0.0402. The van der Waals surface area contributed by atoms with Gasteiger partial charge in [-0.15, -0.1) is 11.3 Å². The van der Waals surface area contributed by atoms with Gasteiger partial charge in [-0.2, -0.15) is 0 Å². The van der Waals surface area contributed by atoms with Crippen LogP contribution in [-0.2, 0) is 16.0 Å². The van der Waals surface area contributed by atoms with Gasteiger partial charge in [0.15, 0.2) is 10.9 Å². The van der Waals surface area contributed by atoms with Crippen molar-refractivity contribution in [1.82, 2.24) is 0 Å². The van der Waals surface area contributed by atoms with Crippen molar-refractivity contribution < 1.29 is 9.59 Å². The van der Waals surface area contributed by atoms with E-state index in [0.717, 1.165) is 16.6 Å². The number of ketones is 1. The maximum Gasteiger partial charge on any atom is 0.200 e. The van der Waals surface area contributed by atoms with Crippen LogP contribution < -0.4 is 0 Å². The van der Waals surface area contributed by atoms with E-state index >= 15 is 0 Å². The zero-order valence-corrected chi connectivity index (χ0v) is 8.49. The van der Waals surface area contributed by atoms with Gasteiger partial charge in [-0.1, -0.05) is 17.8 Å². The van der Waals surface area contributed by atoms with E-state index in [1.54, 1.807) is 11.3 Å². The molecule has 1 aliphatic heterocycles. The number of thioether (sulfide) groups is 1. The zero-order valence-electron chi connectivity index (χ0n) is 6.86. The van der Waals surface area contributed by atoms with E-state index in [-0.39, 0.29) is 16.8 Å². The SMILES string of the molecule is O=C1CSC(=O)C1Cc1cccs1. The van der Waals surface area contributed by atoms with Gasteiger partial charge in [-0.3, -0.25) is 9.59 Å². The highest BCUT2D eigenvalue weighted by atomic mass is 32.2. The van der Waals surface area contributed by atoms with Gasteiger partial charge in [-0.05, 0) is 17.9 Å². The van der Waals surface area contributed by atoms with Gasteiger partial charge in [0.25, 0.3) is 0 Å². The molecule has 1 aromatic rings. The molecule has 0 spiro atoms. The molecule has 1 saturated heterocycles. The summed E-state index contributed by atoms with van der Waals surface area (Å²) >= 11 is 2.75. The van der Waals surface area contributed by atoms with E-state index in [1.807, 2.05) is 17.5 Å². The lowest BCUT2D eigenvalue weighted by molar-refractivity contribution is -0.125. The average Bonchev–Trinajstić information content (AvgIpc) is 2.70. The molecular formula is C9H8O2S2. The summed E-state index contributed by atoms with van der Waals surface area (Å²) in [5.41, 5.74) is 0. The number of hydrogen-bond donors (Lipinski definition) is 0. The van der Waals surface area contributed by atoms with Crippen LogP contribution in [0.4, 0.5) is 0 Å². The normalized spacial score (nSPS) is 22.6. The molecule has 1 aromatic heterocycles. The molecule has 0 saturated carbocycles. The van der Waals surface area contributed by atoms with Crippen LogP contribution in [0.15, 0.2) is 17.5 Å². The fourth-order valence-corrected chi connectivity index (χ4v) is 2.96. The number of Topliss-reactive ketones (excluding diaryl/α,β-unsaturated/α-hetero) is 1. The first-order valence-corrected chi connectivity index (χ1v) is 5.85. The predicted octanol–water partition coefficient (Wildman–Crippen LogP) is 1.75. The van der Waals surface area contributed by atoms with Crippen LogP contribution in [0.25, 0.3) is 0 Å². The van der Waals surface area contributed by atoms with Crippen molar-refractivity contribution in [3.05, 3.63) is 22.4 Å². The Morgan fingerprint density at radius 2 is 2.31 bits per heavy atom. The maximum absolute atomic E-state index is 11.3. The summed E-state index contributed by atoms with van der Waals surface area (Å²) in [6.07, 6.45) is 0.600. The molecule has 13 heavy (non-hydrogen) atoms. The third-order valence-electron chi connectivity index (χ3n) is 2.02. The summed E-state index contributed by atoms with van der Waals surface area (Å²) in [4.78, 5) is 23.7. The Labute approximate surface area is 84.3 Å². The first kappa shape index (κ1) is 8.97. The predicted molar refractivity (Wildman–Crippen MR) is 54.0 cm³/mol. The Kier molecular flexibility index (Phi) is 2.51. The van der Waals surface area contributed by atoms with Crippen LogP contribution in [0.2, 0.25) is 0 Å². The van der Waals surface area contributed by atoms with E-state index in [2.05, 4.69) is 0 Å². The quantitative estimate of drug-likeness (QED) is 0.700. The van der Waals surface area contributed by atoms with Gasteiger partial charge in [-0.25, -0.2) is 0 Å². The lowest BCUT2D eigenvalue weighted by Crippen LogP contribution is -2.16. The van der Waals surface area contributed by atoms with Crippen molar-refractivity contribution in [1.29, 1.82) is 0 Å². The van der Waals surface area contributed by atoms with Gasteiger partial charge in [0.1, 0.15) is 0 Å². The van der Waals surface area contributed by atoms with E-state index in [9.17, 15) is 9.59 Å². The standard InChI is InChI=1S/C9H8O2S2/c10-8-5-13-9(11)7(8)4-6-2-1-3-12-6/h1-3,7H,4-5H2. The number of carbonyl (C=O) groups excluding carboxylic acids is 2. The molecular weight excluding hydrogens is 204 g/mol. The van der Waals surface area contributed by atoms with Crippen molar-refractivity contribution in [2.45, 2.75) is 6.42 Å². The van der Waals surface area contributed by atoms with Crippen molar-refractivity contribution in [2.75, 3.05) is 5.75 Å². The third kappa shape index (κ3) is 1.84. The van der Waals surface area contributed by atoms with Crippen LogP contribution in [0.3, 0.4) is 0 Å². The number of thiophene rings is 1. The highest BCUT2D eigenvalue weighted by Gasteiger charge is 2.33. The lowest BCUT2D eigenvalue weighted by Gasteiger charge is -2.01. The minimum atomic E-state index is -0.372. The smallest absolute Gasteiger partial charge is 0.200 e. The molecule has 4 heteroatoms. The second-order valence-electron chi connectivity index (χ2n) is 2.91. The van der Waals surface area contributed by atoms with Crippen LogP contribution in [0.5, 0.6) is 0 Å². The topological polar surface area (TPSA) is 34.1 Å². The van der Waals surface area contributed by atoms with Crippen molar-refractivity contribution in [2.24, 2.45) is 5.92 Å². The Hall–Kier alpha value is -0.610. The van der Waals surface area contributed by atoms with Crippen molar-refractivity contribution in [3.63, 3.8) is 0 Å². The van der Waals surface area contributed by atoms with Gasteiger partial charge >= 0.3 is 0 Å². The van der Waals surface area contributed by atoms with Crippen molar-refractivity contribution >= 4 is 34.0 Å². The molecule has 1 aliphatic rings. The molecule has 2 nitrogen and oxygen atoms in total. The lowest BCUT2D eigenvalue weighted by atomic mass is 10.0. The first-order chi connectivity index (χ1) is 6.27. The molecule has 0 aliphatic carbocycles. The van der Waals surface area contributed by atoms with Crippen LogP contribution >= 0.6 is 23.1 Å². The molecule has 0 N–H and O–H groups in total. The van der Waals surface area contributed by atoms with Gasteiger partial charge in [0, 0.05) is 4.88 Å². The van der Waals surface area contributed by atoms with Crippen LogP contribution in [0.1, 0.15) is 4.88 Å². The molecule has 1 unspecified atom stereocenters. The highest BCUT2D eigenvalue weighted by molar-refractivity contribution is 8.15. The zero-order chi connectivity index (χ0) is 9.26. The summed E-state index contributed by atoms with van der Waals surface area (Å²) in [5.74, 6) is 0.0848. The van der Waals surface area contributed by atoms with Gasteiger partial charge in [0.2, 0.25) is 0 Å². The minimum Gasteiger partial charge on any atom is -0.298 e. The molecule has 1 atom stereocenters. The second kappa shape index (κ2) is 3.64. The largest absolute Gasteiger partial charge is 0.298 e. The summed E-state index contributed by atoms with van der Waals surface area (Å²) in [5, 5.41) is 2.00. The maximum atomic E-state index is 11.3. The molecule has 68 valence electrons. The van der Waals surface area contributed by atoms with Crippen LogP contribution in [-0.4, -0.2) is 16.7 Å². The van der Waals surface area contributed by atoms with Crippen LogP contribution in [0, 0.1) is 5.92 Å². The summed E-state index contributed by atoms with van der Waals surface area (Å²) < 4.78 is 0. The number of hydrogen-bond acceptors (Lipinski definition) is 4. The van der Waals surface area contributed by atoms with Crippen molar-refractivity contribution in [3.8, 4) is 0 Å². The van der Waals surface area contributed by atoms with E-state index in [1.165, 1.54) is 0 Å².